The lowest BCUT2D eigenvalue weighted by molar-refractivity contribution is -0.134. The lowest BCUT2D eigenvalue weighted by Gasteiger charge is -2.08. The quantitative estimate of drug-likeness (QED) is 0.394. The van der Waals surface area contributed by atoms with Gasteiger partial charge in [-0.3, -0.25) is 4.79 Å². The zero-order chi connectivity index (χ0) is 22.2. The van der Waals surface area contributed by atoms with E-state index >= 15 is 0 Å². The molecule has 0 spiro atoms. The van der Waals surface area contributed by atoms with Gasteiger partial charge in [0, 0.05) is 6.42 Å². The van der Waals surface area contributed by atoms with Crippen LogP contribution in [-0.2, 0) is 9.53 Å². The summed E-state index contributed by atoms with van der Waals surface area (Å²) >= 11 is 0. The lowest BCUT2D eigenvalue weighted by atomic mass is 10.0. The van der Waals surface area contributed by atoms with Crippen molar-refractivity contribution in [2.24, 2.45) is 0 Å². The second-order valence-corrected chi connectivity index (χ2v) is 6.56. The highest BCUT2D eigenvalue weighted by Crippen LogP contribution is 2.24. The summed E-state index contributed by atoms with van der Waals surface area (Å²) in [4.78, 5) is 35.4. The minimum absolute atomic E-state index is 0.273. The van der Waals surface area contributed by atoms with Gasteiger partial charge in [0.2, 0.25) is 0 Å². The fraction of sp³-hybridized carbons (Fsp3) is 0.160. The Labute approximate surface area is 180 Å². The first kappa shape index (κ1) is 21.8. The molecule has 0 aliphatic heterocycles. The first-order chi connectivity index (χ1) is 15.0. The summed E-state index contributed by atoms with van der Waals surface area (Å²) < 4.78 is 15.5. The van der Waals surface area contributed by atoms with Crippen LogP contribution in [0.25, 0.3) is 11.1 Å². The van der Waals surface area contributed by atoms with Gasteiger partial charge in [0.1, 0.15) is 11.5 Å². The molecular formula is C25H22O6. The molecule has 31 heavy (non-hydrogen) atoms. The average molecular weight is 418 g/mol. The maximum Gasteiger partial charge on any atom is 0.343 e. The van der Waals surface area contributed by atoms with Gasteiger partial charge in [-0.05, 0) is 66.6 Å². The number of carbonyl (C=O) groups is 3. The van der Waals surface area contributed by atoms with Crippen molar-refractivity contribution in [2.45, 2.75) is 20.3 Å². The van der Waals surface area contributed by atoms with E-state index in [-0.39, 0.29) is 18.4 Å². The van der Waals surface area contributed by atoms with Gasteiger partial charge in [-0.1, -0.05) is 31.2 Å². The van der Waals surface area contributed by atoms with E-state index in [0.29, 0.717) is 29.2 Å². The minimum Gasteiger partial charge on any atom is -0.462 e. The molecule has 0 saturated heterocycles. The van der Waals surface area contributed by atoms with Crippen molar-refractivity contribution in [1.29, 1.82) is 0 Å². The average Bonchev–Trinajstić information content (AvgIpc) is 2.80. The monoisotopic (exact) mass is 418 g/mol. The van der Waals surface area contributed by atoms with Crippen LogP contribution in [0.15, 0.2) is 72.8 Å². The van der Waals surface area contributed by atoms with E-state index < -0.39 is 5.97 Å². The highest BCUT2D eigenvalue weighted by Gasteiger charge is 2.11. The van der Waals surface area contributed by atoms with Gasteiger partial charge < -0.3 is 14.2 Å². The Morgan fingerprint density at radius 3 is 1.61 bits per heavy atom. The van der Waals surface area contributed by atoms with Gasteiger partial charge in [0.15, 0.2) is 0 Å². The minimum atomic E-state index is -0.514. The molecule has 0 fully saturated rings. The molecule has 0 atom stereocenters. The van der Waals surface area contributed by atoms with Crippen molar-refractivity contribution < 1.29 is 28.6 Å². The maximum absolute atomic E-state index is 12.3. The molecule has 0 amide bonds. The van der Waals surface area contributed by atoms with Crippen molar-refractivity contribution in [3.05, 3.63) is 83.9 Å². The second kappa shape index (κ2) is 10.2. The summed E-state index contributed by atoms with van der Waals surface area (Å²) in [6, 6.07) is 20.3. The maximum atomic E-state index is 12.3. The Hall–Kier alpha value is -3.93. The molecule has 6 heteroatoms. The molecule has 0 bridgehead atoms. The molecule has 0 aliphatic rings. The first-order valence-electron chi connectivity index (χ1n) is 9.90. The van der Waals surface area contributed by atoms with Gasteiger partial charge in [-0.15, -0.1) is 0 Å². The van der Waals surface area contributed by atoms with Crippen molar-refractivity contribution in [1.82, 2.24) is 0 Å². The summed E-state index contributed by atoms with van der Waals surface area (Å²) in [5.41, 5.74) is 2.67. The van der Waals surface area contributed by atoms with E-state index in [0.717, 1.165) is 11.1 Å². The molecule has 6 nitrogen and oxygen atoms in total. The third-order valence-corrected chi connectivity index (χ3v) is 4.40. The third-order valence-electron chi connectivity index (χ3n) is 4.40. The van der Waals surface area contributed by atoms with E-state index in [1.807, 2.05) is 24.3 Å². The summed E-state index contributed by atoms with van der Waals surface area (Å²) in [6.07, 6.45) is 0.273. The van der Waals surface area contributed by atoms with E-state index in [2.05, 4.69) is 0 Å². The number of benzene rings is 3. The summed E-state index contributed by atoms with van der Waals surface area (Å²) in [5.74, 6) is -0.432. The van der Waals surface area contributed by atoms with Crippen molar-refractivity contribution >= 4 is 17.9 Å². The molecule has 0 saturated carbocycles. The standard InChI is InChI=1S/C25H22O6/c1-3-23(26)30-21-15-11-20(12-16-21)25(28)31-22-13-9-18(10-14-22)17-5-7-19(8-6-17)24(27)29-4-2/h5-16H,3-4H2,1-2H3. The number of ether oxygens (including phenoxy) is 3. The van der Waals surface area contributed by atoms with Crippen LogP contribution in [0.4, 0.5) is 0 Å². The third kappa shape index (κ3) is 5.79. The van der Waals surface area contributed by atoms with E-state index in [9.17, 15) is 14.4 Å². The molecule has 0 N–H and O–H groups in total. The van der Waals surface area contributed by atoms with Crippen LogP contribution < -0.4 is 9.47 Å². The van der Waals surface area contributed by atoms with Crippen LogP contribution in [0, 0.1) is 0 Å². The molecule has 0 heterocycles. The Bertz CT molecular complexity index is 1050. The first-order valence-corrected chi connectivity index (χ1v) is 9.90. The van der Waals surface area contributed by atoms with Crippen LogP contribution in [0.5, 0.6) is 11.5 Å². The van der Waals surface area contributed by atoms with E-state index in [4.69, 9.17) is 14.2 Å². The molecule has 3 rings (SSSR count). The van der Waals surface area contributed by atoms with E-state index in [1.165, 1.54) is 0 Å². The van der Waals surface area contributed by atoms with Crippen LogP contribution in [0.2, 0.25) is 0 Å². The van der Waals surface area contributed by atoms with Gasteiger partial charge in [-0.2, -0.15) is 0 Å². The molecule has 158 valence electrons. The molecule has 0 radical (unpaired) electrons. The smallest absolute Gasteiger partial charge is 0.343 e. The van der Waals surface area contributed by atoms with Crippen molar-refractivity contribution in [3.8, 4) is 22.6 Å². The molecular weight excluding hydrogens is 396 g/mol. The van der Waals surface area contributed by atoms with Crippen LogP contribution in [0.3, 0.4) is 0 Å². The van der Waals surface area contributed by atoms with Crippen LogP contribution >= 0.6 is 0 Å². The number of rotatable bonds is 7. The normalized spacial score (nSPS) is 10.3. The summed E-state index contributed by atoms with van der Waals surface area (Å²) in [5, 5.41) is 0. The summed E-state index contributed by atoms with van der Waals surface area (Å²) in [7, 11) is 0. The zero-order valence-electron chi connectivity index (χ0n) is 17.3. The van der Waals surface area contributed by atoms with E-state index in [1.54, 1.807) is 62.4 Å². The van der Waals surface area contributed by atoms with Crippen LogP contribution in [-0.4, -0.2) is 24.5 Å². The predicted molar refractivity (Wildman–Crippen MR) is 115 cm³/mol. The Morgan fingerprint density at radius 2 is 1.06 bits per heavy atom. The lowest BCUT2D eigenvalue weighted by Crippen LogP contribution is -2.09. The molecule has 0 unspecified atom stereocenters. The molecule has 3 aromatic carbocycles. The number of esters is 3. The van der Waals surface area contributed by atoms with Gasteiger partial charge in [0.05, 0.1) is 17.7 Å². The number of hydrogen-bond acceptors (Lipinski definition) is 6. The van der Waals surface area contributed by atoms with Crippen molar-refractivity contribution in [2.75, 3.05) is 6.61 Å². The van der Waals surface area contributed by atoms with Gasteiger partial charge in [-0.25, -0.2) is 9.59 Å². The molecule has 0 aliphatic carbocycles. The molecule has 0 aromatic heterocycles. The van der Waals surface area contributed by atoms with Crippen LogP contribution in [0.1, 0.15) is 41.0 Å². The predicted octanol–water partition coefficient (Wildman–Crippen LogP) is 5.06. The SMILES string of the molecule is CCOC(=O)c1ccc(-c2ccc(OC(=O)c3ccc(OC(=O)CC)cc3)cc2)cc1. The zero-order valence-corrected chi connectivity index (χ0v) is 17.3. The summed E-state index contributed by atoms with van der Waals surface area (Å²) in [6.45, 7) is 3.80. The fourth-order valence-electron chi connectivity index (χ4n) is 2.76. The number of hydrogen-bond donors (Lipinski definition) is 0. The van der Waals surface area contributed by atoms with Gasteiger partial charge in [0.25, 0.3) is 0 Å². The van der Waals surface area contributed by atoms with Gasteiger partial charge >= 0.3 is 17.9 Å². The molecule has 3 aromatic rings. The number of carbonyl (C=O) groups excluding carboxylic acids is 3. The highest BCUT2D eigenvalue weighted by atomic mass is 16.5. The second-order valence-electron chi connectivity index (χ2n) is 6.56. The largest absolute Gasteiger partial charge is 0.462 e. The Morgan fingerprint density at radius 1 is 0.613 bits per heavy atom. The Kier molecular flexibility index (Phi) is 7.17. The van der Waals surface area contributed by atoms with Crippen molar-refractivity contribution in [3.63, 3.8) is 0 Å². The fourth-order valence-corrected chi connectivity index (χ4v) is 2.76. The Balaban J connectivity index is 1.63. The highest BCUT2D eigenvalue weighted by molar-refractivity contribution is 5.91. The topological polar surface area (TPSA) is 78.9 Å².